The van der Waals surface area contributed by atoms with Gasteiger partial charge >= 0.3 is 0 Å². The smallest absolute Gasteiger partial charge is 0.258 e. The molecule has 6 heteroatoms. The number of nitrogens with two attached hydrogens (primary N) is 1. The molecule has 0 saturated heterocycles. The van der Waals surface area contributed by atoms with Gasteiger partial charge in [0.2, 0.25) is 0 Å². The number of ether oxygens (including phenoxy) is 2. The summed E-state index contributed by atoms with van der Waals surface area (Å²) in [6.07, 6.45) is 0. The van der Waals surface area contributed by atoms with Crippen LogP contribution in [-0.4, -0.2) is 31.7 Å². The summed E-state index contributed by atoms with van der Waals surface area (Å²) < 4.78 is 10.6. The van der Waals surface area contributed by atoms with Gasteiger partial charge < -0.3 is 20.5 Å². The molecule has 0 bridgehead atoms. The summed E-state index contributed by atoms with van der Waals surface area (Å²) in [6, 6.07) is 7.11. The predicted molar refractivity (Wildman–Crippen MR) is 77.0 cm³/mol. The van der Waals surface area contributed by atoms with Crippen LogP contribution in [0.15, 0.2) is 24.3 Å². The van der Waals surface area contributed by atoms with Crippen LogP contribution in [0.25, 0.3) is 0 Å². The first-order valence-electron chi connectivity index (χ1n) is 6.00. The molecule has 0 unspecified atom stereocenters. The number of rotatable bonds is 7. The molecule has 108 valence electrons. The van der Waals surface area contributed by atoms with Crippen LogP contribution in [0.3, 0.4) is 0 Å². The van der Waals surface area contributed by atoms with E-state index in [1.807, 2.05) is 13.8 Å². The molecule has 0 radical (unpaired) electrons. The van der Waals surface area contributed by atoms with Gasteiger partial charge in [0.25, 0.3) is 5.91 Å². The van der Waals surface area contributed by atoms with Crippen LogP contribution in [0.2, 0.25) is 0 Å². The summed E-state index contributed by atoms with van der Waals surface area (Å²) in [5, 5.41) is 2.72. The third-order valence-electron chi connectivity index (χ3n) is 2.27. The van der Waals surface area contributed by atoms with Crippen molar-refractivity contribution in [3.8, 4) is 11.5 Å². The summed E-state index contributed by atoms with van der Waals surface area (Å²) in [6.45, 7) is 4.79. The number of hydrogen-bond donors (Lipinski definition) is 2. The number of nitrogens with one attached hydrogen (secondary N) is 1. The SMILES string of the molecule is CCOc1ccc(OCC(=O)N[C@@H](C)CN)cc1.Cl. The maximum absolute atomic E-state index is 11.4. The number of carbonyl (C=O) groups excluding carboxylic acids is 1. The van der Waals surface area contributed by atoms with E-state index >= 15 is 0 Å². The van der Waals surface area contributed by atoms with Crippen molar-refractivity contribution < 1.29 is 14.3 Å². The first kappa shape index (κ1) is 17.5. The van der Waals surface area contributed by atoms with Crippen molar-refractivity contribution >= 4 is 18.3 Å². The van der Waals surface area contributed by atoms with E-state index in [9.17, 15) is 4.79 Å². The highest BCUT2D eigenvalue weighted by Crippen LogP contribution is 2.17. The van der Waals surface area contributed by atoms with E-state index in [0.717, 1.165) is 5.75 Å². The molecule has 0 aromatic heterocycles. The number of amides is 1. The van der Waals surface area contributed by atoms with Gasteiger partial charge in [-0.2, -0.15) is 0 Å². The predicted octanol–water partition coefficient (Wildman–Crippen LogP) is 1.35. The summed E-state index contributed by atoms with van der Waals surface area (Å²) in [5.41, 5.74) is 5.40. The molecule has 0 spiro atoms. The molecular weight excluding hydrogens is 268 g/mol. The molecule has 0 aliphatic carbocycles. The van der Waals surface area contributed by atoms with Crippen molar-refractivity contribution in [2.75, 3.05) is 19.8 Å². The maximum Gasteiger partial charge on any atom is 0.258 e. The number of hydrogen-bond acceptors (Lipinski definition) is 4. The highest BCUT2D eigenvalue weighted by Gasteiger charge is 2.06. The average Bonchev–Trinajstić information content (AvgIpc) is 2.38. The Labute approximate surface area is 119 Å². The topological polar surface area (TPSA) is 73.6 Å². The molecule has 5 nitrogen and oxygen atoms in total. The van der Waals surface area contributed by atoms with E-state index in [1.54, 1.807) is 24.3 Å². The van der Waals surface area contributed by atoms with E-state index in [-0.39, 0.29) is 31.0 Å². The van der Waals surface area contributed by atoms with Gasteiger partial charge in [-0.25, -0.2) is 0 Å². The fourth-order valence-corrected chi connectivity index (χ4v) is 1.32. The standard InChI is InChI=1S/C13H20N2O3.ClH/c1-3-17-11-4-6-12(7-5-11)18-9-13(16)15-10(2)8-14;/h4-7,10H,3,8-9,14H2,1-2H3,(H,15,16);1H/t10-;/m0./s1. The second-order valence-corrected chi connectivity index (χ2v) is 3.90. The normalized spacial score (nSPS) is 11.1. The molecule has 3 N–H and O–H groups in total. The Kier molecular flexibility index (Phi) is 8.74. The Morgan fingerprint density at radius 3 is 2.26 bits per heavy atom. The van der Waals surface area contributed by atoms with E-state index in [2.05, 4.69) is 5.32 Å². The largest absolute Gasteiger partial charge is 0.494 e. The van der Waals surface area contributed by atoms with Crippen molar-refractivity contribution in [2.24, 2.45) is 5.73 Å². The monoisotopic (exact) mass is 288 g/mol. The second kappa shape index (κ2) is 9.47. The Bertz CT molecular complexity index is 371. The molecule has 0 fully saturated rings. The second-order valence-electron chi connectivity index (χ2n) is 3.90. The van der Waals surface area contributed by atoms with Gasteiger partial charge in [-0.05, 0) is 38.1 Å². The van der Waals surface area contributed by atoms with Crippen LogP contribution in [0, 0.1) is 0 Å². The van der Waals surface area contributed by atoms with Gasteiger partial charge in [-0.15, -0.1) is 12.4 Å². The molecule has 0 saturated carbocycles. The molecule has 1 aromatic rings. The Morgan fingerprint density at radius 2 is 1.79 bits per heavy atom. The van der Waals surface area contributed by atoms with E-state index in [4.69, 9.17) is 15.2 Å². The number of benzene rings is 1. The van der Waals surface area contributed by atoms with Gasteiger partial charge in [0.15, 0.2) is 6.61 Å². The lowest BCUT2D eigenvalue weighted by Crippen LogP contribution is -2.40. The zero-order valence-electron chi connectivity index (χ0n) is 11.2. The van der Waals surface area contributed by atoms with Crippen LogP contribution in [-0.2, 0) is 4.79 Å². The van der Waals surface area contributed by atoms with Gasteiger partial charge in [0.05, 0.1) is 6.61 Å². The zero-order chi connectivity index (χ0) is 13.4. The first-order valence-corrected chi connectivity index (χ1v) is 6.00. The van der Waals surface area contributed by atoms with Crippen molar-refractivity contribution in [1.82, 2.24) is 5.32 Å². The van der Waals surface area contributed by atoms with Crippen molar-refractivity contribution in [3.05, 3.63) is 24.3 Å². The summed E-state index contributed by atoms with van der Waals surface area (Å²) in [5.74, 6) is 1.24. The van der Waals surface area contributed by atoms with Gasteiger partial charge in [-0.1, -0.05) is 0 Å². The minimum Gasteiger partial charge on any atom is -0.494 e. The number of halogens is 1. The van der Waals surface area contributed by atoms with Crippen LogP contribution in [0.4, 0.5) is 0 Å². The zero-order valence-corrected chi connectivity index (χ0v) is 12.0. The molecule has 1 aromatic carbocycles. The molecule has 0 aliphatic rings. The molecule has 0 aliphatic heterocycles. The maximum atomic E-state index is 11.4. The fourth-order valence-electron chi connectivity index (χ4n) is 1.32. The van der Waals surface area contributed by atoms with E-state index in [0.29, 0.717) is 18.9 Å². The Hall–Kier alpha value is -1.46. The van der Waals surface area contributed by atoms with Crippen LogP contribution < -0.4 is 20.5 Å². The van der Waals surface area contributed by atoms with Crippen LogP contribution in [0.5, 0.6) is 11.5 Å². The number of carbonyl (C=O) groups is 1. The first-order chi connectivity index (χ1) is 8.65. The molecule has 1 rings (SSSR count). The fraction of sp³-hybridized carbons (Fsp3) is 0.462. The van der Waals surface area contributed by atoms with E-state index < -0.39 is 0 Å². The summed E-state index contributed by atoms with van der Waals surface area (Å²) in [7, 11) is 0. The molecule has 19 heavy (non-hydrogen) atoms. The highest BCUT2D eigenvalue weighted by molar-refractivity contribution is 5.85. The van der Waals surface area contributed by atoms with Gasteiger partial charge in [0.1, 0.15) is 11.5 Å². The molecule has 1 atom stereocenters. The van der Waals surface area contributed by atoms with Crippen LogP contribution >= 0.6 is 12.4 Å². The van der Waals surface area contributed by atoms with Crippen molar-refractivity contribution in [3.63, 3.8) is 0 Å². The third-order valence-corrected chi connectivity index (χ3v) is 2.27. The van der Waals surface area contributed by atoms with Crippen molar-refractivity contribution in [2.45, 2.75) is 19.9 Å². The lowest BCUT2D eigenvalue weighted by Gasteiger charge is -2.12. The molecule has 0 heterocycles. The lowest BCUT2D eigenvalue weighted by molar-refractivity contribution is -0.123. The van der Waals surface area contributed by atoms with Gasteiger partial charge in [0, 0.05) is 12.6 Å². The summed E-state index contributed by atoms with van der Waals surface area (Å²) in [4.78, 5) is 11.4. The lowest BCUT2D eigenvalue weighted by atomic mass is 10.3. The van der Waals surface area contributed by atoms with Crippen molar-refractivity contribution in [1.29, 1.82) is 0 Å². The molecule has 1 amide bonds. The average molecular weight is 289 g/mol. The third kappa shape index (κ3) is 6.88. The minimum atomic E-state index is -0.179. The van der Waals surface area contributed by atoms with E-state index in [1.165, 1.54) is 0 Å². The Balaban J connectivity index is 0.00000324. The van der Waals surface area contributed by atoms with Gasteiger partial charge in [-0.3, -0.25) is 4.79 Å². The quantitative estimate of drug-likeness (QED) is 0.794. The minimum absolute atomic E-state index is 0. The highest BCUT2D eigenvalue weighted by atomic mass is 35.5. The summed E-state index contributed by atoms with van der Waals surface area (Å²) >= 11 is 0. The molecular formula is C13H21ClN2O3. The Morgan fingerprint density at radius 1 is 1.26 bits per heavy atom. The van der Waals surface area contributed by atoms with Crippen LogP contribution in [0.1, 0.15) is 13.8 Å².